The summed E-state index contributed by atoms with van der Waals surface area (Å²) in [5.41, 5.74) is 8.35. The molecule has 1 saturated heterocycles. The Hall–Kier alpha value is -3.04. The molecule has 3 aromatic rings. The van der Waals surface area contributed by atoms with E-state index in [1.54, 1.807) is 36.4 Å². The third-order valence-corrected chi connectivity index (χ3v) is 6.76. The predicted molar refractivity (Wildman–Crippen MR) is 122 cm³/mol. The highest BCUT2D eigenvalue weighted by atomic mass is 32.2. The van der Waals surface area contributed by atoms with E-state index in [1.807, 2.05) is 37.3 Å². The van der Waals surface area contributed by atoms with Crippen molar-refractivity contribution < 1.29 is 26.9 Å². The van der Waals surface area contributed by atoms with E-state index in [0.717, 1.165) is 11.1 Å². The largest absolute Gasteiger partial charge is 0.366 e. The molecule has 1 amide bonds. The van der Waals surface area contributed by atoms with Crippen molar-refractivity contribution >= 4 is 16.0 Å². The van der Waals surface area contributed by atoms with Gasteiger partial charge >= 0.3 is 0 Å². The van der Waals surface area contributed by atoms with Crippen LogP contribution in [0.5, 0.6) is 0 Å². The molecule has 0 bridgehead atoms. The lowest BCUT2D eigenvalue weighted by molar-refractivity contribution is -0.178. The molecule has 2 atom stereocenters. The van der Waals surface area contributed by atoms with Gasteiger partial charge in [-0.15, -0.1) is 0 Å². The predicted octanol–water partition coefficient (Wildman–Crippen LogP) is 3.31. The maximum absolute atomic E-state index is 12.6. The van der Waals surface area contributed by atoms with Gasteiger partial charge < -0.3 is 15.2 Å². The molecule has 7 nitrogen and oxygen atoms in total. The number of hydrogen-bond donors (Lipinski definition) is 1. The van der Waals surface area contributed by atoms with Gasteiger partial charge in [-0.2, -0.15) is 8.42 Å². The number of amides is 1. The number of nitrogens with two attached hydrogens (primary N) is 1. The van der Waals surface area contributed by atoms with Gasteiger partial charge in [0, 0.05) is 17.5 Å². The summed E-state index contributed by atoms with van der Waals surface area (Å²) in [6, 6.07) is 22.8. The molecule has 0 radical (unpaired) electrons. The molecule has 0 spiro atoms. The smallest absolute Gasteiger partial charge is 0.297 e. The van der Waals surface area contributed by atoms with Crippen LogP contribution in [0.2, 0.25) is 0 Å². The van der Waals surface area contributed by atoms with Crippen LogP contribution in [0, 0.1) is 6.92 Å². The highest BCUT2D eigenvalue weighted by Crippen LogP contribution is 2.38. The SMILES string of the molecule is Cc1ccc(S(=O)(=O)OC[C@@H]2CO[C@@](Cc3ccccc3)(c3ccc(C(N)=O)cc3)O2)cc1. The molecule has 0 unspecified atom stereocenters. The lowest BCUT2D eigenvalue weighted by atomic mass is 9.96. The fraction of sp³-hybridized carbons (Fsp3) is 0.240. The number of rotatable bonds is 8. The summed E-state index contributed by atoms with van der Waals surface area (Å²) in [4.78, 5) is 11.5. The molecular formula is C25H25NO6S. The van der Waals surface area contributed by atoms with E-state index in [4.69, 9.17) is 19.4 Å². The molecule has 33 heavy (non-hydrogen) atoms. The highest BCUT2D eigenvalue weighted by molar-refractivity contribution is 7.86. The molecular weight excluding hydrogens is 442 g/mol. The second-order valence-corrected chi connectivity index (χ2v) is 9.57. The van der Waals surface area contributed by atoms with Gasteiger partial charge in [-0.25, -0.2) is 0 Å². The van der Waals surface area contributed by atoms with Gasteiger partial charge in [-0.1, -0.05) is 60.2 Å². The van der Waals surface area contributed by atoms with E-state index in [-0.39, 0.29) is 18.1 Å². The molecule has 172 valence electrons. The van der Waals surface area contributed by atoms with Gasteiger partial charge in [-0.05, 0) is 36.8 Å². The fourth-order valence-corrected chi connectivity index (χ4v) is 4.62. The Labute approximate surface area is 193 Å². The zero-order chi connectivity index (χ0) is 23.5. The molecule has 0 aromatic heterocycles. The Bertz CT molecular complexity index is 1210. The van der Waals surface area contributed by atoms with Gasteiger partial charge in [0.25, 0.3) is 10.1 Å². The van der Waals surface area contributed by atoms with Crippen LogP contribution in [0.15, 0.2) is 83.8 Å². The van der Waals surface area contributed by atoms with Crippen molar-refractivity contribution in [2.24, 2.45) is 5.73 Å². The van der Waals surface area contributed by atoms with Crippen molar-refractivity contribution in [3.05, 3.63) is 101 Å². The van der Waals surface area contributed by atoms with Crippen molar-refractivity contribution in [1.82, 2.24) is 0 Å². The first-order valence-corrected chi connectivity index (χ1v) is 11.9. The number of carbonyl (C=O) groups is 1. The van der Waals surface area contributed by atoms with Crippen LogP contribution in [-0.4, -0.2) is 33.6 Å². The van der Waals surface area contributed by atoms with Gasteiger partial charge in [0.05, 0.1) is 18.1 Å². The molecule has 8 heteroatoms. The molecule has 1 aliphatic rings. The van der Waals surface area contributed by atoms with E-state index in [1.165, 1.54) is 12.1 Å². The summed E-state index contributed by atoms with van der Waals surface area (Å²) in [6.45, 7) is 1.84. The molecule has 3 aromatic carbocycles. The fourth-order valence-electron chi connectivity index (χ4n) is 3.68. The molecule has 0 saturated carbocycles. The monoisotopic (exact) mass is 467 g/mol. The number of hydrogen-bond acceptors (Lipinski definition) is 6. The summed E-state index contributed by atoms with van der Waals surface area (Å²) in [5, 5.41) is 0. The quantitative estimate of drug-likeness (QED) is 0.510. The second kappa shape index (κ2) is 9.44. The first kappa shape index (κ1) is 23.1. The Morgan fingerprint density at radius 1 is 1.03 bits per heavy atom. The van der Waals surface area contributed by atoms with Crippen LogP contribution in [0.25, 0.3) is 0 Å². The molecule has 1 heterocycles. The summed E-state index contributed by atoms with van der Waals surface area (Å²) in [6.07, 6.45) is -0.213. The minimum atomic E-state index is -3.93. The molecule has 1 aliphatic heterocycles. The third kappa shape index (κ3) is 5.31. The molecule has 1 fully saturated rings. The molecule has 0 aliphatic carbocycles. The number of carbonyl (C=O) groups excluding carboxylic acids is 1. The lowest BCUT2D eigenvalue weighted by Gasteiger charge is -2.29. The average Bonchev–Trinajstić information content (AvgIpc) is 3.23. The average molecular weight is 468 g/mol. The maximum Gasteiger partial charge on any atom is 0.297 e. The van der Waals surface area contributed by atoms with E-state index in [0.29, 0.717) is 17.5 Å². The van der Waals surface area contributed by atoms with Crippen molar-refractivity contribution in [3.8, 4) is 0 Å². The Kier molecular flexibility index (Phi) is 6.62. The minimum absolute atomic E-state index is 0.0876. The van der Waals surface area contributed by atoms with Crippen LogP contribution in [-0.2, 0) is 36.0 Å². The number of benzene rings is 3. The third-order valence-electron chi connectivity index (χ3n) is 5.47. The Morgan fingerprint density at radius 3 is 2.33 bits per heavy atom. The van der Waals surface area contributed by atoms with E-state index < -0.39 is 27.9 Å². The Morgan fingerprint density at radius 2 is 1.70 bits per heavy atom. The zero-order valence-corrected chi connectivity index (χ0v) is 19.0. The highest BCUT2D eigenvalue weighted by Gasteiger charge is 2.44. The molecule has 2 N–H and O–H groups in total. The normalized spacial score (nSPS) is 20.6. The Balaban J connectivity index is 1.53. The van der Waals surface area contributed by atoms with Crippen molar-refractivity contribution in [2.75, 3.05) is 13.2 Å². The number of ether oxygens (including phenoxy) is 2. The van der Waals surface area contributed by atoms with Gasteiger partial charge in [0.15, 0.2) is 5.79 Å². The van der Waals surface area contributed by atoms with Crippen LogP contribution in [0.1, 0.15) is 27.0 Å². The van der Waals surface area contributed by atoms with Crippen molar-refractivity contribution in [2.45, 2.75) is 30.1 Å². The van der Waals surface area contributed by atoms with Crippen molar-refractivity contribution in [3.63, 3.8) is 0 Å². The molecule has 4 rings (SSSR count). The van der Waals surface area contributed by atoms with Gasteiger partial charge in [-0.3, -0.25) is 8.98 Å². The lowest BCUT2D eigenvalue weighted by Crippen LogP contribution is -2.32. The topological polar surface area (TPSA) is 105 Å². The van der Waals surface area contributed by atoms with E-state index >= 15 is 0 Å². The van der Waals surface area contributed by atoms with Crippen molar-refractivity contribution in [1.29, 1.82) is 0 Å². The standard InChI is InChI=1S/C25H25NO6S/c1-18-7-13-23(14-8-18)33(28,29)31-17-22-16-30-25(32-22,15-19-5-3-2-4-6-19)21-11-9-20(10-12-21)24(26)27/h2-14,22H,15-17H2,1H3,(H2,26,27)/t22-,25+/m0/s1. The summed E-state index contributed by atoms with van der Waals surface area (Å²) < 4.78 is 42.8. The summed E-state index contributed by atoms with van der Waals surface area (Å²) in [7, 11) is -3.93. The van der Waals surface area contributed by atoms with Crippen LogP contribution < -0.4 is 5.73 Å². The van der Waals surface area contributed by atoms with Crippen LogP contribution in [0.4, 0.5) is 0 Å². The van der Waals surface area contributed by atoms with E-state index in [2.05, 4.69) is 0 Å². The minimum Gasteiger partial charge on any atom is -0.366 e. The van der Waals surface area contributed by atoms with E-state index in [9.17, 15) is 13.2 Å². The number of primary amides is 1. The summed E-state index contributed by atoms with van der Waals surface area (Å²) >= 11 is 0. The van der Waals surface area contributed by atoms with Crippen LogP contribution >= 0.6 is 0 Å². The second-order valence-electron chi connectivity index (χ2n) is 7.96. The van der Waals surface area contributed by atoms with Gasteiger partial charge in [0.2, 0.25) is 5.91 Å². The first-order chi connectivity index (χ1) is 15.8. The van der Waals surface area contributed by atoms with Gasteiger partial charge in [0.1, 0.15) is 6.10 Å². The van der Waals surface area contributed by atoms with Crippen LogP contribution in [0.3, 0.4) is 0 Å². The first-order valence-electron chi connectivity index (χ1n) is 10.5. The zero-order valence-electron chi connectivity index (χ0n) is 18.1. The maximum atomic E-state index is 12.6. The summed E-state index contributed by atoms with van der Waals surface area (Å²) in [5.74, 6) is -1.68. The number of aryl methyl sites for hydroxylation is 1.